The molecule has 0 saturated carbocycles. The van der Waals surface area contributed by atoms with Crippen molar-refractivity contribution >= 4 is 16.9 Å². The summed E-state index contributed by atoms with van der Waals surface area (Å²) >= 11 is 0. The first-order valence-corrected chi connectivity index (χ1v) is 6.39. The molecule has 2 aromatic carbocycles. The van der Waals surface area contributed by atoms with Gasteiger partial charge >= 0.3 is 12.1 Å². The first-order valence-electron chi connectivity index (χ1n) is 6.39. The summed E-state index contributed by atoms with van der Waals surface area (Å²) in [7, 11) is 0. The predicted molar refractivity (Wildman–Crippen MR) is 75.7 cm³/mol. The molecule has 6 heteroatoms. The summed E-state index contributed by atoms with van der Waals surface area (Å²) in [4.78, 5) is 13.8. The Bertz CT molecular complexity index is 865. The Hall–Kier alpha value is -2.76. The van der Waals surface area contributed by atoms with E-state index in [2.05, 4.69) is 4.98 Å². The molecular formula is C16H10F3NO2. The second-order valence-corrected chi connectivity index (χ2v) is 4.84. The van der Waals surface area contributed by atoms with Crippen molar-refractivity contribution in [3.8, 4) is 11.1 Å². The van der Waals surface area contributed by atoms with Crippen LogP contribution in [-0.2, 0) is 6.18 Å². The molecule has 0 saturated heterocycles. The van der Waals surface area contributed by atoms with E-state index in [1.807, 2.05) is 0 Å². The van der Waals surface area contributed by atoms with Crippen LogP contribution in [0.2, 0.25) is 0 Å². The molecule has 112 valence electrons. The second kappa shape index (κ2) is 4.91. The number of nitrogens with one attached hydrogen (secondary N) is 1. The van der Waals surface area contributed by atoms with Crippen LogP contribution in [0.4, 0.5) is 13.2 Å². The molecule has 0 bridgehead atoms. The van der Waals surface area contributed by atoms with Gasteiger partial charge in [0.15, 0.2) is 0 Å². The number of aromatic nitrogens is 1. The van der Waals surface area contributed by atoms with Crippen LogP contribution in [0.1, 0.15) is 16.1 Å². The number of H-pyrrole nitrogens is 1. The molecule has 3 aromatic rings. The van der Waals surface area contributed by atoms with Crippen LogP contribution < -0.4 is 0 Å². The quantitative estimate of drug-likeness (QED) is 0.729. The zero-order valence-corrected chi connectivity index (χ0v) is 11.1. The van der Waals surface area contributed by atoms with E-state index in [0.717, 1.165) is 12.1 Å². The molecule has 22 heavy (non-hydrogen) atoms. The molecule has 3 nitrogen and oxygen atoms in total. The number of fused-ring (bicyclic) bond motifs is 1. The Morgan fingerprint density at radius 1 is 1.05 bits per heavy atom. The minimum atomic E-state index is -4.42. The lowest BCUT2D eigenvalue weighted by molar-refractivity contribution is -0.137. The Labute approximate surface area is 123 Å². The normalized spacial score (nSPS) is 11.8. The number of alkyl halides is 3. The Balaban J connectivity index is 2.20. The molecule has 0 fully saturated rings. The van der Waals surface area contributed by atoms with Gasteiger partial charge in [-0.1, -0.05) is 30.3 Å². The summed E-state index contributed by atoms with van der Waals surface area (Å²) in [6.07, 6.45) is -4.42. The number of aromatic amines is 1. The summed E-state index contributed by atoms with van der Waals surface area (Å²) in [5.41, 5.74) is 0.649. The van der Waals surface area contributed by atoms with Crippen molar-refractivity contribution in [2.24, 2.45) is 0 Å². The summed E-state index contributed by atoms with van der Waals surface area (Å²) in [5.74, 6) is -1.12. The van der Waals surface area contributed by atoms with E-state index in [-0.39, 0.29) is 5.69 Å². The van der Waals surface area contributed by atoms with E-state index in [0.29, 0.717) is 22.0 Å². The molecule has 0 atom stereocenters. The average Bonchev–Trinajstić information content (AvgIpc) is 2.90. The zero-order chi connectivity index (χ0) is 15.9. The fourth-order valence-electron chi connectivity index (χ4n) is 2.38. The molecule has 0 radical (unpaired) electrons. The van der Waals surface area contributed by atoms with E-state index < -0.39 is 17.7 Å². The number of carboxylic acids is 1. The summed E-state index contributed by atoms with van der Waals surface area (Å²) in [5, 5.41) is 9.65. The average molecular weight is 305 g/mol. The molecule has 0 aliphatic carbocycles. The van der Waals surface area contributed by atoms with Gasteiger partial charge in [0.1, 0.15) is 5.69 Å². The minimum absolute atomic E-state index is 0.00516. The first-order chi connectivity index (χ1) is 10.4. The number of aromatic carboxylic acids is 1. The number of para-hydroxylation sites is 1. The second-order valence-electron chi connectivity index (χ2n) is 4.84. The highest BCUT2D eigenvalue weighted by Crippen LogP contribution is 2.34. The van der Waals surface area contributed by atoms with E-state index in [4.69, 9.17) is 5.11 Å². The molecule has 1 heterocycles. The molecule has 1 aromatic heterocycles. The lowest BCUT2D eigenvalue weighted by Crippen LogP contribution is -2.04. The van der Waals surface area contributed by atoms with Crippen LogP contribution in [0.3, 0.4) is 0 Å². The van der Waals surface area contributed by atoms with E-state index in [1.54, 1.807) is 24.3 Å². The Morgan fingerprint density at radius 2 is 1.77 bits per heavy atom. The largest absolute Gasteiger partial charge is 0.477 e. The third kappa shape index (κ3) is 2.43. The number of benzene rings is 2. The fraction of sp³-hybridized carbons (Fsp3) is 0.0625. The van der Waals surface area contributed by atoms with Gasteiger partial charge in [0.25, 0.3) is 0 Å². The van der Waals surface area contributed by atoms with Crippen LogP contribution in [-0.4, -0.2) is 16.1 Å². The van der Waals surface area contributed by atoms with Crippen molar-refractivity contribution in [1.29, 1.82) is 0 Å². The molecule has 0 unspecified atom stereocenters. The van der Waals surface area contributed by atoms with Crippen molar-refractivity contribution < 1.29 is 23.1 Å². The van der Waals surface area contributed by atoms with Crippen LogP contribution in [0.15, 0.2) is 48.5 Å². The molecule has 3 rings (SSSR count). The molecule has 0 amide bonds. The molecule has 0 aliphatic rings. The lowest BCUT2D eigenvalue weighted by atomic mass is 10.0. The number of carbonyl (C=O) groups is 1. The van der Waals surface area contributed by atoms with Crippen LogP contribution in [0.5, 0.6) is 0 Å². The third-order valence-corrected chi connectivity index (χ3v) is 3.39. The van der Waals surface area contributed by atoms with E-state index >= 15 is 0 Å². The van der Waals surface area contributed by atoms with Gasteiger partial charge in [-0.05, 0) is 23.8 Å². The molecule has 2 N–H and O–H groups in total. The fourth-order valence-corrected chi connectivity index (χ4v) is 2.38. The minimum Gasteiger partial charge on any atom is -0.477 e. The van der Waals surface area contributed by atoms with Crippen molar-refractivity contribution in [1.82, 2.24) is 4.98 Å². The molecule has 0 spiro atoms. The molecule has 0 aliphatic heterocycles. The van der Waals surface area contributed by atoms with Gasteiger partial charge in [-0.2, -0.15) is 13.2 Å². The van der Waals surface area contributed by atoms with Gasteiger partial charge in [-0.15, -0.1) is 0 Å². The monoisotopic (exact) mass is 305 g/mol. The van der Waals surface area contributed by atoms with E-state index in [9.17, 15) is 18.0 Å². The SMILES string of the molecule is O=C(O)c1cc2cccc(-c3cccc(C(F)(F)F)c3)c2[nH]1. The number of halogens is 3. The highest BCUT2D eigenvalue weighted by atomic mass is 19.4. The van der Waals surface area contributed by atoms with Crippen LogP contribution >= 0.6 is 0 Å². The van der Waals surface area contributed by atoms with Crippen molar-refractivity contribution in [2.75, 3.05) is 0 Å². The number of carboxylic acid groups (broad SMARTS) is 1. The van der Waals surface area contributed by atoms with E-state index in [1.165, 1.54) is 12.1 Å². The maximum atomic E-state index is 12.8. The number of hydrogen-bond acceptors (Lipinski definition) is 1. The number of hydrogen-bond donors (Lipinski definition) is 2. The van der Waals surface area contributed by atoms with Crippen molar-refractivity contribution in [3.63, 3.8) is 0 Å². The highest BCUT2D eigenvalue weighted by molar-refractivity contribution is 6.00. The Kier molecular flexibility index (Phi) is 3.16. The maximum Gasteiger partial charge on any atom is 0.416 e. The Morgan fingerprint density at radius 3 is 2.45 bits per heavy atom. The van der Waals surface area contributed by atoms with Crippen molar-refractivity contribution in [2.45, 2.75) is 6.18 Å². The summed E-state index contributed by atoms with van der Waals surface area (Å²) in [6, 6.07) is 11.4. The van der Waals surface area contributed by atoms with Gasteiger partial charge in [0, 0.05) is 10.9 Å². The third-order valence-electron chi connectivity index (χ3n) is 3.39. The van der Waals surface area contributed by atoms with Gasteiger partial charge in [-0.3, -0.25) is 0 Å². The van der Waals surface area contributed by atoms with Gasteiger partial charge < -0.3 is 10.1 Å². The predicted octanol–water partition coefficient (Wildman–Crippen LogP) is 4.55. The smallest absolute Gasteiger partial charge is 0.416 e. The van der Waals surface area contributed by atoms with Gasteiger partial charge in [-0.25, -0.2) is 4.79 Å². The highest BCUT2D eigenvalue weighted by Gasteiger charge is 2.30. The van der Waals surface area contributed by atoms with Gasteiger partial charge in [0.05, 0.1) is 11.1 Å². The number of rotatable bonds is 2. The van der Waals surface area contributed by atoms with Gasteiger partial charge in [0.2, 0.25) is 0 Å². The lowest BCUT2D eigenvalue weighted by Gasteiger charge is -2.09. The topological polar surface area (TPSA) is 53.1 Å². The van der Waals surface area contributed by atoms with Crippen LogP contribution in [0, 0.1) is 0 Å². The summed E-state index contributed by atoms with van der Waals surface area (Å²) < 4.78 is 38.5. The first kappa shape index (κ1) is 14.2. The van der Waals surface area contributed by atoms with Crippen LogP contribution in [0.25, 0.3) is 22.0 Å². The van der Waals surface area contributed by atoms with Crippen molar-refractivity contribution in [3.05, 3.63) is 59.8 Å². The molecular weight excluding hydrogens is 295 g/mol. The zero-order valence-electron chi connectivity index (χ0n) is 11.1. The maximum absolute atomic E-state index is 12.8. The standard InChI is InChI=1S/C16H10F3NO2/c17-16(18,19)11-5-1-3-9(7-11)12-6-2-4-10-8-13(15(21)22)20-14(10)12/h1-8,20H,(H,21,22). The summed E-state index contributed by atoms with van der Waals surface area (Å²) in [6.45, 7) is 0.